The molecule has 0 spiro atoms. The molecule has 7 heteroatoms. The highest BCUT2D eigenvalue weighted by Gasteiger charge is 2.13. The fourth-order valence-corrected chi connectivity index (χ4v) is 2.00. The monoisotopic (exact) mass is 329 g/mol. The molecular formula is C17H19N3O4. The van der Waals surface area contributed by atoms with Crippen molar-refractivity contribution in [2.24, 2.45) is 0 Å². The second-order valence-electron chi connectivity index (χ2n) is 5.37. The van der Waals surface area contributed by atoms with Crippen molar-refractivity contribution < 1.29 is 14.5 Å². The number of carbonyl (C=O) groups is 1. The van der Waals surface area contributed by atoms with E-state index in [1.807, 2.05) is 26.0 Å². The number of nitro groups is 1. The molecule has 1 heterocycles. The van der Waals surface area contributed by atoms with E-state index in [4.69, 9.17) is 4.74 Å². The van der Waals surface area contributed by atoms with Gasteiger partial charge in [0.15, 0.2) is 0 Å². The molecule has 1 unspecified atom stereocenters. The number of aromatic nitrogens is 1. The summed E-state index contributed by atoms with van der Waals surface area (Å²) in [6.45, 7) is 4.08. The summed E-state index contributed by atoms with van der Waals surface area (Å²) in [5, 5.41) is 13.7. The van der Waals surface area contributed by atoms with Gasteiger partial charge in [-0.25, -0.2) is 9.78 Å². The smallest absolute Gasteiger partial charge is 0.338 e. The van der Waals surface area contributed by atoms with Crippen molar-refractivity contribution in [2.45, 2.75) is 26.3 Å². The third-order valence-corrected chi connectivity index (χ3v) is 3.51. The van der Waals surface area contributed by atoms with Crippen LogP contribution >= 0.6 is 0 Å². The minimum absolute atomic E-state index is 0.0700. The molecule has 1 aromatic carbocycles. The van der Waals surface area contributed by atoms with E-state index in [1.165, 1.54) is 18.3 Å². The van der Waals surface area contributed by atoms with Gasteiger partial charge in [-0.2, -0.15) is 0 Å². The quantitative estimate of drug-likeness (QED) is 0.475. The third-order valence-electron chi connectivity index (χ3n) is 3.51. The molecule has 1 atom stereocenters. The molecule has 0 saturated carbocycles. The molecule has 24 heavy (non-hydrogen) atoms. The lowest BCUT2D eigenvalue weighted by atomic mass is 10.1. The number of nitrogens with one attached hydrogen (secondary N) is 1. The number of hydrogen-bond donors (Lipinski definition) is 1. The molecule has 0 bridgehead atoms. The maximum atomic E-state index is 12.0. The zero-order chi connectivity index (χ0) is 17.5. The Labute approximate surface area is 139 Å². The minimum atomic E-state index is -0.503. The summed E-state index contributed by atoms with van der Waals surface area (Å²) >= 11 is 0. The van der Waals surface area contributed by atoms with Gasteiger partial charge in [-0.3, -0.25) is 10.1 Å². The minimum Gasteiger partial charge on any atom is -0.460 e. The van der Waals surface area contributed by atoms with Gasteiger partial charge in [0.2, 0.25) is 0 Å². The maximum absolute atomic E-state index is 12.0. The van der Waals surface area contributed by atoms with Crippen LogP contribution in [-0.2, 0) is 4.74 Å². The largest absolute Gasteiger partial charge is 0.460 e. The predicted molar refractivity (Wildman–Crippen MR) is 90.1 cm³/mol. The van der Waals surface area contributed by atoms with Crippen molar-refractivity contribution in [1.29, 1.82) is 0 Å². The molecule has 2 aromatic rings. The summed E-state index contributed by atoms with van der Waals surface area (Å²) in [7, 11) is 0. The Morgan fingerprint density at radius 2 is 2.00 bits per heavy atom. The molecule has 0 radical (unpaired) electrons. The molecule has 0 aliphatic heterocycles. The van der Waals surface area contributed by atoms with E-state index < -0.39 is 4.92 Å². The number of anilines is 1. The zero-order valence-corrected chi connectivity index (χ0v) is 13.6. The first kappa shape index (κ1) is 17.4. The first-order chi connectivity index (χ1) is 11.5. The average Bonchev–Trinajstić information content (AvgIpc) is 2.59. The summed E-state index contributed by atoms with van der Waals surface area (Å²) in [5.74, 6) is 0.116. The van der Waals surface area contributed by atoms with Gasteiger partial charge in [-0.1, -0.05) is 24.6 Å². The van der Waals surface area contributed by atoms with E-state index in [-0.39, 0.29) is 24.3 Å². The van der Waals surface area contributed by atoms with Gasteiger partial charge in [-0.05, 0) is 31.5 Å². The first-order valence-corrected chi connectivity index (χ1v) is 7.60. The lowest BCUT2D eigenvalue weighted by molar-refractivity contribution is -0.385. The Hall–Kier alpha value is -2.96. The molecule has 1 aromatic heterocycles. The fourth-order valence-electron chi connectivity index (χ4n) is 2.00. The number of carbonyl (C=O) groups excluding carboxylic acids is 1. The summed E-state index contributed by atoms with van der Waals surface area (Å²) in [6.07, 6.45) is 1.90. The molecule has 2 rings (SSSR count). The average molecular weight is 329 g/mol. The van der Waals surface area contributed by atoms with Crippen LogP contribution in [0, 0.1) is 17.0 Å². The Kier molecular flexibility index (Phi) is 5.83. The normalized spacial score (nSPS) is 11.6. The van der Waals surface area contributed by atoms with Crippen molar-refractivity contribution in [3.63, 3.8) is 0 Å². The number of hydrogen-bond acceptors (Lipinski definition) is 6. The van der Waals surface area contributed by atoms with Gasteiger partial charge < -0.3 is 10.1 Å². The second kappa shape index (κ2) is 8.05. The lowest BCUT2D eigenvalue weighted by Gasteiger charge is -2.17. The molecule has 126 valence electrons. The van der Waals surface area contributed by atoms with Crippen LogP contribution in [0.5, 0.6) is 0 Å². The van der Waals surface area contributed by atoms with Gasteiger partial charge in [0.1, 0.15) is 18.6 Å². The summed E-state index contributed by atoms with van der Waals surface area (Å²) in [4.78, 5) is 26.1. The third kappa shape index (κ3) is 4.77. The highest BCUT2D eigenvalue weighted by atomic mass is 16.6. The molecule has 0 fully saturated rings. The van der Waals surface area contributed by atoms with E-state index in [2.05, 4.69) is 10.3 Å². The molecule has 1 N–H and O–H groups in total. The molecule has 0 aliphatic carbocycles. The highest BCUT2D eigenvalue weighted by molar-refractivity contribution is 5.89. The summed E-state index contributed by atoms with van der Waals surface area (Å²) < 4.78 is 5.32. The number of benzene rings is 1. The number of nitrogens with zero attached hydrogens (tertiary/aromatic N) is 2. The van der Waals surface area contributed by atoms with E-state index >= 15 is 0 Å². The predicted octanol–water partition coefficient (Wildman–Crippen LogP) is 3.35. The van der Waals surface area contributed by atoms with Crippen molar-refractivity contribution in [3.05, 3.63) is 63.8 Å². The van der Waals surface area contributed by atoms with Crippen molar-refractivity contribution >= 4 is 17.5 Å². The van der Waals surface area contributed by atoms with Gasteiger partial charge in [0, 0.05) is 6.07 Å². The van der Waals surface area contributed by atoms with Crippen LogP contribution in [0.4, 0.5) is 11.5 Å². The van der Waals surface area contributed by atoms with Crippen LogP contribution in [0.15, 0.2) is 42.6 Å². The second-order valence-corrected chi connectivity index (χ2v) is 5.37. The maximum Gasteiger partial charge on any atom is 0.338 e. The summed E-state index contributed by atoms with van der Waals surface area (Å²) in [6, 6.07) is 9.94. The van der Waals surface area contributed by atoms with E-state index in [1.54, 1.807) is 12.1 Å². The van der Waals surface area contributed by atoms with Crippen LogP contribution in [0.1, 0.15) is 29.3 Å². The van der Waals surface area contributed by atoms with Gasteiger partial charge in [-0.15, -0.1) is 0 Å². The molecule has 0 aliphatic rings. The fraction of sp³-hybridized carbons (Fsp3) is 0.294. The van der Waals surface area contributed by atoms with Crippen molar-refractivity contribution in [2.75, 3.05) is 11.9 Å². The first-order valence-electron chi connectivity index (χ1n) is 7.60. The van der Waals surface area contributed by atoms with E-state index in [9.17, 15) is 14.9 Å². The Balaban J connectivity index is 1.90. The van der Waals surface area contributed by atoms with Gasteiger partial charge in [0.25, 0.3) is 5.69 Å². The van der Waals surface area contributed by atoms with Gasteiger partial charge >= 0.3 is 5.97 Å². The van der Waals surface area contributed by atoms with Crippen molar-refractivity contribution in [1.82, 2.24) is 4.98 Å². The lowest BCUT2D eigenvalue weighted by Crippen LogP contribution is -2.26. The molecule has 0 saturated heterocycles. The molecule has 0 amide bonds. The Morgan fingerprint density at radius 3 is 2.54 bits per heavy atom. The number of esters is 1. The van der Waals surface area contributed by atoms with Crippen LogP contribution in [0.3, 0.4) is 0 Å². The molecule has 7 nitrogen and oxygen atoms in total. The number of aryl methyl sites for hydroxylation is 1. The number of ether oxygens (including phenoxy) is 1. The number of rotatable bonds is 7. The van der Waals surface area contributed by atoms with Gasteiger partial charge in [0.05, 0.1) is 16.5 Å². The zero-order valence-electron chi connectivity index (χ0n) is 13.6. The number of pyridine rings is 1. The highest BCUT2D eigenvalue weighted by Crippen LogP contribution is 2.14. The topological polar surface area (TPSA) is 94.4 Å². The van der Waals surface area contributed by atoms with Crippen LogP contribution in [-0.4, -0.2) is 28.5 Å². The SMILES string of the molecule is CCC(COC(=O)c1ccc(C)cc1)Nc1ccc([N+](=O)[O-])cn1. The van der Waals surface area contributed by atoms with Crippen molar-refractivity contribution in [3.8, 4) is 0 Å². The van der Waals surface area contributed by atoms with E-state index in [0.717, 1.165) is 5.56 Å². The Bertz CT molecular complexity index is 699. The van der Waals surface area contributed by atoms with E-state index in [0.29, 0.717) is 17.8 Å². The van der Waals surface area contributed by atoms with Crippen LogP contribution in [0.25, 0.3) is 0 Å². The summed E-state index contributed by atoms with van der Waals surface area (Å²) in [5.41, 5.74) is 1.51. The Morgan fingerprint density at radius 1 is 1.29 bits per heavy atom. The van der Waals surface area contributed by atoms with Crippen LogP contribution in [0.2, 0.25) is 0 Å². The molecular weight excluding hydrogens is 310 g/mol. The van der Waals surface area contributed by atoms with Crippen LogP contribution < -0.4 is 5.32 Å². The standard InChI is InChI=1S/C17H19N3O4/c1-3-14(19-16-9-8-15(10-18-16)20(22)23)11-24-17(21)13-6-4-12(2)5-7-13/h4-10,14H,3,11H2,1-2H3,(H,18,19).